The number of carbonyl (C=O) groups is 1. The second kappa shape index (κ2) is 7.86. The van der Waals surface area contributed by atoms with Crippen LogP contribution in [0.15, 0.2) is 48.7 Å². The molecule has 3 aromatic rings. The number of aromatic nitrogens is 2. The third kappa shape index (κ3) is 4.87. The molecule has 0 bridgehead atoms. The van der Waals surface area contributed by atoms with E-state index in [0.29, 0.717) is 0 Å². The molecule has 2 aromatic carbocycles. The van der Waals surface area contributed by atoms with Crippen molar-refractivity contribution in [1.29, 1.82) is 0 Å². The van der Waals surface area contributed by atoms with E-state index in [-0.39, 0.29) is 16.9 Å². The van der Waals surface area contributed by atoms with Gasteiger partial charge in [-0.25, -0.2) is 8.78 Å². The van der Waals surface area contributed by atoms with E-state index >= 15 is 0 Å². The molecule has 1 heterocycles. The fraction of sp³-hybridized carbons (Fsp3) is 0.100. The van der Waals surface area contributed by atoms with Gasteiger partial charge < -0.3 is 5.32 Å². The summed E-state index contributed by atoms with van der Waals surface area (Å²) in [6.07, 6.45) is -0.527. The maximum absolute atomic E-state index is 13.3. The molecule has 0 atom stereocenters. The van der Waals surface area contributed by atoms with E-state index in [1.54, 1.807) is 7.05 Å². The molecule has 0 saturated heterocycles. The number of nitrogens with one attached hydrogen (secondary N) is 1. The zero-order chi connectivity index (χ0) is 21.2. The Morgan fingerprint density at radius 3 is 2.38 bits per heavy atom. The van der Waals surface area contributed by atoms with Crippen LogP contribution in [0.5, 0.6) is 0 Å². The summed E-state index contributed by atoms with van der Waals surface area (Å²) in [5.41, 5.74) is -1.04. The highest BCUT2D eigenvalue weighted by atomic mass is 19.4. The first kappa shape index (κ1) is 20.2. The van der Waals surface area contributed by atoms with Crippen LogP contribution in [0, 0.1) is 11.6 Å². The monoisotopic (exact) mass is 407 g/mol. The Balaban J connectivity index is 1.88. The number of rotatable bonds is 4. The van der Waals surface area contributed by atoms with Gasteiger partial charge in [0.05, 0.1) is 16.8 Å². The highest BCUT2D eigenvalue weighted by Crippen LogP contribution is 2.32. The van der Waals surface area contributed by atoms with Crippen LogP contribution in [0.1, 0.15) is 27.2 Å². The van der Waals surface area contributed by atoms with Gasteiger partial charge in [0.1, 0.15) is 17.3 Å². The molecule has 1 amide bonds. The lowest BCUT2D eigenvalue weighted by molar-refractivity contribution is -0.137. The minimum atomic E-state index is -4.69. The number of alkyl halides is 3. The Kier molecular flexibility index (Phi) is 5.49. The summed E-state index contributed by atoms with van der Waals surface area (Å²) in [7, 11) is 1.55. The van der Waals surface area contributed by atoms with Gasteiger partial charge in [0, 0.05) is 19.3 Å². The molecule has 1 aromatic heterocycles. The van der Waals surface area contributed by atoms with Crippen molar-refractivity contribution in [1.82, 2.24) is 9.78 Å². The lowest BCUT2D eigenvalue weighted by atomic mass is 10.1. The molecule has 1 N–H and O–H groups in total. The molecule has 4 nitrogen and oxygen atoms in total. The van der Waals surface area contributed by atoms with Gasteiger partial charge in [-0.15, -0.1) is 0 Å². The van der Waals surface area contributed by atoms with Gasteiger partial charge in [0.2, 0.25) is 0 Å². The van der Waals surface area contributed by atoms with E-state index in [1.165, 1.54) is 35.2 Å². The number of hydrogen-bond donors (Lipinski definition) is 1. The van der Waals surface area contributed by atoms with Crippen LogP contribution in [0.4, 0.5) is 27.6 Å². The van der Waals surface area contributed by atoms with Crippen LogP contribution in [-0.4, -0.2) is 15.7 Å². The van der Waals surface area contributed by atoms with Crippen molar-refractivity contribution < 1.29 is 26.7 Å². The first-order valence-electron chi connectivity index (χ1n) is 8.29. The summed E-state index contributed by atoms with van der Waals surface area (Å²) >= 11 is 0. The lowest BCUT2D eigenvalue weighted by Gasteiger charge is -2.12. The number of amides is 1. The minimum Gasteiger partial charge on any atom is -0.319 e. The van der Waals surface area contributed by atoms with Crippen molar-refractivity contribution in [2.45, 2.75) is 6.18 Å². The summed E-state index contributed by atoms with van der Waals surface area (Å²) in [4.78, 5) is 12.4. The SMILES string of the molecule is Cn1cc(NC(=O)c2ccccc2C(F)(F)F)c(C=Cc2cc(F)cc(F)c2)n1. The van der Waals surface area contributed by atoms with E-state index in [4.69, 9.17) is 0 Å². The third-order valence-electron chi connectivity index (χ3n) is 3.90. The van der Waals surface area contributed by atoms with Crippen molar-refractivity contribution in [3.05, 3.63) is 82.7 Å². The summed E-state index contributed by atoms with van der Waals surface area (Å²) in [5, 5.41) is 6.49. The molecule has 150 valence electrons. The number of benzene rings is 2. The smallest absolute Gasteiger partial charge is 0.319 e. The zero-order valence-corrected chi connectivity index (χ0v) is 15.0. The molecule has 0 spiro atoms. The molecule has 0 aliphatic rings. The van der Waals surface area contributed by atoms with Gasteiger partial charge in [-0.05, 0) is 35.9 Å². The average molecular weight is 407 g/mol. The van der Waals surface area contributed by atoms with Crippen LogP contribution in [0.3, 0.4) is 0 Å². The van der Waals surface area contributed by atoms with E-state index in [0.717, 1.165) is 30.3 Å². The molecule has 0 saturated carbocycles. The second-order valence-corrected chi connectivity index (χ2v) is 6.14. The summed E-state index contributed by atoms with van der Waals surface area (Å²) in [6.45, 7) is 0. The first-order valence-corrected chi connectivity index (χ1v) is 8.29. The number of nitrogens with zero attached hydrogens (tertiary/aromatic N) is 2. The van der Waals surface area contributed by atoms with Crippen LogP contribution in [0.25, 0.3) is 12.2 Å². The molecule has 3 rings (SSSR count). The van der Waals surface area contributed by atoms with Gasteiger partial charge in [0.25, 0.3) is 5.91 Å². The normalized spacial score (nSPS) is 11.8. The van der Waals surface area contributed by atoms with E-state index < -0.39 is 34.8 Å². The van der Waals surface area contributed by atoms with Crippen LogP contribution in [-0.2, 0) is 13.2 Å². The van der Waals surface area contributed by atoms with Crippen molar-refractivity contribution in [2.75, 3.05) is 5.32 Å². The first-order chi connectivity index (χ1) is 13.6. The predicted octanol–water partition coefficient (Wildman–Crippen LogP) is 5.14. The molecule has 9 heteroatoms. The van der Waals surface area contributed by atoms with Gasteiger partial charge in [0.15, 0.2) is 0 Å². The Labute approximate surface area is 162 Å². The van der Waals surface area contributed by atoms with Crippen molar-refractivity contribution in [3.63, 3.8) is 0 Å². The molecular formula is C20H14F5N3O. The standard InChI is InChI=1S/C20H14F5N3O/c1-28-11-18(17(27-28)7-6-12-8-13(21)10-14(22)9-12)26-19(29)15-4-2-3-5-16(15)20(23,24)25/h2-11H,1H3,(H,26,29). The highest BCUT2D eigenvalue weighted by Gasteiger charge is 2.35. The molecule has 0 radical (unpaired) electrons. The molecule has 0 unspecified atom stereocenters. The number of hydrogen-bond acceptors (Lipinski definition) is 2. The lowest BCUT2D eigenvalue weighted by Crippen LogP contribution is -2.18. The van der Waals surface area contributed by atoms with Crippen LogP contribution in [0.2, 0.25) is 0 Å². The van der Waals surface area contributed by atoms with E-state index in [2.05, 4.69) is 10.4 Å². The van der Waals surface area contributed by atoms with Gasteiger partial charge >= 0.3 is 6.18 Å². The Bertz CT molecular complexity index is 1070. The third-order valence-corrected chi connectivity index (χ3v) is 3.90. The number of carbonyl (C=O) groups excluding carboxylic acids is 1. The second-order valence-electron chi connectivity index (χ2n) is 6.14. The maximum Gasteiger partial charge on any atom is 0.417 e. The van der Waals surface area contributed by atoms with E-state index in [1.807, 2.05) is 0 Å². The van der Waals surface area contributed by atoms with Crippen LogP contribution < -0.4 is 5.32 Å². The van der Waals surface area contributed by atoms with Crippen molar-refractivity contribution in [2.24, 2.45) is 7.05 Å². The summed E-state index contributed by atoms with van der Waals surface area (Å²) in [6, 6.07) is 7.32. The van der Waals surface area contributed by atoms with Gasteiger partial charge in [-0.3, -0.25) is 9.48 Å². The fourth-order valence-electron chi connectivity index (χ4n) is 2.69. The highest BCUT2D eigenvalue weighted by molar-refractivity contribution is 6.06. The largest absolute Gasteiger partial charge is 0.417 e. The topological polar surface area (TPSA) is 46.9 Å². The number of anilines is 1. The Morgan fingerprint density at radius 1 is 1.07 bits per heavy atom. The van der Waals surface area contributed by atoms with Crippen molar-refractivity contribution >= 4 is 23.7 Å². The van der Waals surface area contributed by atoms with Crippen LogP contribution >= 0.6 is 0 Å². The quantitative estimate of drug-likeness (QED) is 0.609. The fourth-order valence-corrected chi connectivity index (χ4v) is 2.69. The van der Waals surface area contributed by atoms with Crippen molar-refractivity contribution in [3.8, 4) is 0 Å². The number of aryl methyl sites for hydroxylation is 1. The molecule has 0 aliphatic heterocycles. The van der Waals surface area contributed by atoms with E-state index in [9.17, 15) is 26.7 Å². The molecule has 0 aliphatic carbocycles. The molecule has 0 fully saturated rings. The predicted molar refractivity (Wildman–Crippen MR) is 97.9 cm³/mol. The molecular weight excluding hydrogens is 393 g/mol. The maximum atomic E-state index is 13.3. The summed E-state index contributed by atoms with van der Waals surface area (Å²) in [5.74, 6) is -2.48. The Hall–Kier alpha value is -3.49. The zero-order valence-electron chi connectivity index (χ0n) is 15.0. The molecule has 29 heavy (non-hydrogen) atoms. The number of halogens is 5. The van der Waals surface area contributed by atoms with Gasteiger partial charge in [-0.2, -0.15) is 18.3 Å². The Morgan fingerprint density at radius 2 is 1.72 bits per heavy atom. The summed E-state index contributed by atoms with van der Waals surface area (Å²) < 4.78 is 67.3. The van der Waals surface area contributed by atoms with Gasteiger partial charge in [-0.1, -0.05) is 18.2 Å². The minimum absolute atomic E-state index is 0.141. The average Bonchev–Trinajstić information content (AvgIpc) is 2.97.